The van der Waals surface area contributed by atoms with Crippen LogP contribution in [0.3, 0.4) is 0 Å². The molecule has 3 aliphatic rings. The number of Topliss-reactive ketones (excluding diaryl/α,β-unsaturated/α-hetero) is 1. The summed E-state index contributed by atoms with van der Waals surface area (Å²) in [5.74, 6) is 3.60. The Kier molecular flexibility index (Phi) is 5.36. The molecule has 2 fully saturated rings. The predicted molar refractivity (Wildman–Crippen MR) is 128 cm³/mol. The van der Waals surface area contributed by atoms with E-state index in [-0.39, 0.29) is 16.4 Å². The minimum atomic E-state index is -1.82. The van der Waals surface area contributed by atoms with Crippen molar-refractivity contribution in [1.29, 1.82) is 0 Å². The van der Waals surface area contributed by atoms with Crippen LogP contribution >= 0.6 is 0 Å². The average Bonchev–Trinajstić information content (AvgIpc) is 2.91. The van der Waals surface area contributed by atoms with E-state index in [0.717, 1.165) is 37.9 Å². The molecule has 0 saturated heterocycles. The van der Waals surface area contributed by atoms with Gasteiger partial charge in [-0.25, -0.2) is 0 Å². The Bertz CT molecular complexity index is 849. The van der Waals surface area contributed by atoms with Gasteiger partial charge in [0, 0.05) is 11.3 Å². The number of carbonyl (C=O) groups excluding carboxylic acids is 1. The maximum Gasteiger partial charge on any atom is 0.250 e. The molecule has 0 aliphatic heterocycles. The van der Waals surface area contributed by atoms with Gasteiger partial charge in [0.05, 0.1) is 0 Å². The van der Waals surface area contributed by atoms with Gasteiger partial charge in [-0.1, -0.05) is 39.8 Å². The van der Waals surface area contributed by atoms with Crippen molar-refractivity contribution in [2.45, 2.75) is 90.3 Å². The summed E-state index contributed by atoms with van der Waals surface area (Å²) in [7, 11) is -1.82. The minimum absolute atomic E-state index is 0.0995. The van der Waals surface area contributed by atoms with Crippen LogP contribution in [-0.4, -0.2) is 14.1 Å². The van der Waals surface area contributed by atoms with E-state index >= 15 is 0 Å². The highest BCUT2D eigenvalue weighted by molar-refractivity contribution is 6.74. The van der Waals surface area contributed by atoms with Crippen LogP contribution in [0.15, 0.2) is 30.9 Å². The first-order chi connectivity index (χ1) is 14.0. The molecule has 5 atom stereocenters. The molecule has 0 N–H and O–H groups in total. The Morgan fingerprint density at radius 2 is 2.00 bits per heavy atom. The fraction of sp³-hybridized carbons (Fsp3) is 0.667. The number of hydrogen-bond acceptors (Lipinski definition) is 2. The molecule has 1 aromatic carbocycles. The van der Waals surface area contributed by atoms with Gasteiger partial charge < -0.3 is 4.43 Å². The molecule has 2 nitrogen and oxygen atoms in total. The molecule has 0 bridgehead atoms. The summed E-state index contributed by atoms with van der Waals surface area (Å²) in [5.41, 5.74) is 2.93. The molecule has 0 spiro atoms. The maximum absolute atomic E-state index is 13.2. The zero-order valence-electron chi connectivity index (χ0n) is 19.9. The van der Waals surface area contributed by atoms with Crippen LogP contribution in [0.1, 0.15) is 76.8 Å². The van der Waals surface area contributed by atoms with Crippen molar-refractivity contribution in [1.82, 2.24) is 0 Å². The summed E-state index contributed by atoms with van der Waals surface area (Å²) >= 11 is 0. The van der Waals surface area contributed by atoms with Crippen LogP contribution in [0, 0.1) is 23.2 Å². The summed E-state index contributed by atoms with van der Waals surface area (Å²) in [6.45, 7) is 17.7. The summed E-state index contributed by atoms with van der Waals surface area (Å²) in [5, 5.41) is 0.207. The lowest BCUT2D eigenvalue weighted by Crippen LogP contribution is -2.44. The van der Waals surface area contributed by atoms with E-state index in [1.54, 1.807) is 0 Å². The number of aryl methyl sites for hydroxylation is 1. The molecular weight excluding hydrogens is 384 g/mol. The second kappa shape index (κ2) is 7.36. The number of rotatable bonds is 4. The quantitative estimate of drug-likeness (QED) is 0.374. The fourth-order valence-electron chi connectivity index (χ4n) is 6.42. The van der Waals surface area contributed by atoms with Crippen LogP contribution in [0.4, 0.5) is 0 Å². The second-order valence-corrected chi connectivity index (χ2v) is 16.6. The molecular formula is C27H40O2Si. The summed E-state index contributed by atoms with van der Waals surface area (Å²) in [4.78, 5) is 13.2. The Morgan fingerprint density at radius 3 is 2.67 bits per heavy atom. The average molecular weight is 425 g/mol. The Morgan fingerprint density at radius 1 is 1.27 bits per heavy atom. The normalized spacial score (nSPS) is 33.5. The highest BCUT2D eigenvalue weighted by Gasteiger charge is 2.57. The SMILES string of the molecule is C=CC[C@@H]1C[C@H]2[C@@H]3CCc4cc(O[Si](C)(C)C(C)(C)C)ccc4[C@H]3CC[C@]2(C)C1=O. The van der Waals surface area contributed by atoms with Crippen LogP contribution < -0.4 is 4.43 Å². The summed E-state index contributed by atoms with van der Waals surface area (Å²) in [6.07, 6.45) is 8.42. The van der Waals surface area contributed by atoms with E-state index in [4.69, 9.17) is 4.43 Å². The monoisotopic (exact) mass is 424 g/mol. The molecule has 164 valence electrons. The molecule has 0 unspecified atom stereocenters. The van der Waals surface area contributed by atoms with E-state index in [1.807, 2.05) is 6.08 Å². The number of ketones is 1. The third-order valence-corrected chi connectivity index (χ3v) is 13.5. The van der Waals surface area contributed by atoms with Crippen molar-refractivity contribution in [2.24, 2.45) is 23.2 Å². The van der Waals surface area contributed by atoms with Gasteiger partial charge in [0.25, 0.3) is 0 Å². The first-order valence-corrected chi connectivity index (χ1v) is 14.9. The molecule has 4 rings (SSSR count). The molecule has 1 aromatic rings. The molecule has 30 heavy (non-hydrogen) atoms. The Balaban J connectivity index is 1.58. The predicted octanol–water partition coefficient (Wildman–Crippen LogP) is 7.30. The van der Waals surface area contributed by atoms with E-state index < -0.39 is 8.32 Å². The minimum Gasteiger partial charge on any atom is -0.543 e. The molecule has 0 radical (unpaired) electrons. The Labute approximate surface area is 184 Å². The molecule has 2 saturated carbocycles. The lowest BCUT2D eigenvalue weighted by Gasteiger charge is -2.48. The topological polar surface area (TPSA) is 26.3 Å². The van der Waals surface area contributed by atoms with Crippen molar-refractivity contribution < 1.29 is 9.22 Å². The van der Waals surface area contributed by atoms with E-state index in [9.17, 15) is 4.79 Å². The number of carbonyl (C=O) groups is 1. The Hall–Kier alpha value is -1.35. The third kappa shape index (κ3) is 3.41. The van der Waals surface area contributed by atoms with Gasteiger partial charge in [-0.2, -0.15) is 0 Å². The molecule has 0 amide bonds. The van der Waals surface area contributed by atoms with E-state index in [1.165, 1.54) is 17.5 Å². The number of benzene rings is 1. The first kappa shape index (κ1) is 21.9. The largest absolute Gasteiger partial charge is 0.543 e. The molecule has 0 heterocycles. The fourth-order valence-corrected chi connectivity index (χ4v) is 7.44. The number of hydrogen-bond donors (Lipinski definition) is 0. The van der Waals surface area contributed by atoms with Crippen molar-refractivity contribution in [3.05, 3.63) is 42.0 Å². The third-order valence-electron chi connectivity index (χ3n) is 9.19. The highest BCUT2D eigenvalue weighted by atomic mass is 28.4. The lowest BCUT2D eigenvalue weighted by atomic mass is 9.55. The van der Waals surface area contributed by atoms with Crippen LogP contribution in [0.2, 0.25) is 18.1 Å². The van der Waals surface area contributed by atoms with Crippen molar-refractivity contribution >= 4 is 14.1 Å². The van der Waals surface area contributed by atoms with Gasteiger partial charge in [-0.05, 0) is 97.7 Å². The first-order valence-electron chi connectivity index (χ1n) is 11.9. The van der Waals surface area contributed by atoms with Gasteiger partial charge >= 0.3 is 0 Å². The van der Waals surface area contributed by atoms with E-state index in [2.05, 4.69) is 65.6 Å². The number of allylic oxidation sites excluding steroid dienone is 1. The highest BCUT2D eigenvalue weighted by Crippen LogP contribution is 2.61. The summed E-state index contributed by atoms with van der Waals surface area (Å²) < 4.78 is 6.59. The van der Waals surface area contributed by atoms with Crippen molar-refractivity contribution in [3.8, 4) is 5.75 Å². The van der Waals surface area contributed by atoms with Crippen molar-refractivity contribution in [3.63, 3.8) is 0 Å². The van der Waals surface area contributed by atoms with Gasteiger partial charge in [0.1, 0.15) is 11.5 Å². The van der Waals surface area contributed by atoms with Crippen molar-refractivity contribution in [2.75, 3.05) is 0 Å². The van der Waals surface area contributed by atoms with Crippen LogP contribution in [0.25, 0.3) is 0 Å². The number of fused-ring (bicyclic) bond motifs is 5. The smallest absolute Gasteiger partial charge is 0.250 e. The van der Waals surface area contributed by atoms with E-state index in [0.29, 0.717) is 23.5 Å². The zero-order chi connectivity index (χ0) is 21.9. The van der Waals surface area contributed by atoms with Gasteiger partial charge in [-0.15, -0.1) is 6.58 Å². The maximum atomic E-state index is 13.2. The molecule has 3 heteroatoms. The van der Waals surface area contributed by atoms with Crippen LogP contribution in [-0.2, 0) is 11.2 Å². The zero-order valence-corrected chi connectivity index (χ0v) is 20.9. The van der Waals surface area contributed by atoms with Gasteiger partial charge in [0.15, 0.2) is 0 Å². The van der Waals surface area contributed by atoms with Gasteiger partial charge in [-0.3, -0.25) is 4.79 Å². The summed E-state index contributed by atoms with van der Waals surface area (Å²) in [6, 6.07) is 6.91. The van der Waals surface area contributed by atoms with Crippen LogP contribution in [0.5, 0.6) is 5.75 Å². The second-order valence-electron chi connectivity index (χ2n) is 11.9. The molecule has 0 aromatic heterocycles. The standard InChI is InChI=1S/C27H40O2Si/c1-8-9-19-17-24-23-12-10-18-16-20(29-30(6,7)26(2,3)4)11-13-21(18)22(23)14-15-27(24,5)25(19)28/h8,11,13,16,19,22-24H,1,9-10,12,14-15,17H2,2-7H3/t19-,22-,23-,24+,27+/m1/s1. The molecule has 3 aliphatic carbocycles. The lowest BCUT2D eigenvalue weighted by molar-refractivity contribution is -0.131. The van der Waals surface area contributed by atoms with Gasteiger partial charge in [0.2, 0.25) is 8.32 Å².